The summed E-state index contributed by atoms with van der Waals surface area (Å²) >= 11 is 0. The molecule has 0 aromatic heterocycles. The number of aliphatic imine (C=N–C) groups is 1. The molecule has 5 nitrogen and oxygen atoms in total. The molecule has 1 aliphatic carbocycles. The van der Waals surface area contributed by atoms with E-state index in [9.17, 15) is 9.18 Å². The highest BCUT2D eigenvalue weighted by Crippen LogP contribution is 2.42. The number of likely N-dealkylation sites (tertiary alicyclic amines) is 1. The van der Waals surface area contributed by atoms with Crippen molar-refractivity contribution in [3.05, 3.63) is 35.6 Å². The number of esters is 1. The molecule has 130 valence electrons. The lowest BCUT2D eigenvalue weighted by atomic mass is 9.99. The number of nitrogens with zero attached hydrogens (tertiary/aromatic N) is 2. The molecule has 0 bridgehead atoms. The second-order valence-corrected chi connectivity index (χ2v) is 6.67. The van der Waals surface area contributed by atoms with E-state index < -0.39 is 0 Å². The third kappa shape index (κ3) is 3.23. The summed E-state index contributed by atoms with van der Waals surface area (Å²) in [6.07, 6.45) is 0.893. The standard InChI is InChI=1S/C18H24FN3O2/c1-11-9-22(10-14(11)17(23)24-3)18(20-2)21-16-8-13(16)12-6-4-5-7-15(12)19/h4-7,11,13-14,16H,8-10H2,1-3H3,(H,20,21). The Morgan fingerprint density at radius 3 is 2.79 bits per heavy atom. The molecule has 2 fully saturated rings. The molecule has 24 heavy (non-hydrogen) atoms. The molecule has 1 saturated carbocycles. The summed E-state index contributed by atoms with van der Waals surface area (Å²) in [5, 5.41) is 3.41. The Hall–Kier alpha value is -2.11. The van der Waals surface area contributed by atoms with E-state index in [4.69, 9.17) is 4.74 Å². The summed E-state index contributed by atoms with van der Waals surface area (Å²) in [7, 11) is 3.16. The van der Waals surface area contributed by atoms with Gasteiger partial charge in [-0.3, -0.25) is 9.79 Å². The number of halogens is 1. The first-order valence-electron chi connectivity index (χ1n) is 8.35. The SMILES string of the molecule is CN=C(NC1CC1c1ccccc1F)N1CC(C)C(C(=O)OC)C1. The van der Waals surface area contributed by atoms with E-state index in [0.29, 0.717) is 6.54 Å². The van der Waals surface area contributed by atoms with Gasteiger partial charge in [0, 0.05) is 32.1 Å². The molecular formula is C18H24FN3O2. The fourth-order valence-corrected chi connectivity index (χ4v) is 3.54. The van der Waals surface area contributed by atoms with Crippen molar-refractivity contribution in [3.8, 4) is 0 Å². The van der Waals surface area contributed by atoms with Gasteiger partial charge in [-0.25, -0.2) is 4.39 Å². The number of carbonyl (C=O) groups excluding carboxylic acids is 1. The van der Waals surface area contributed by atoms with Crippen LogP contribution in [-0.2, 0) is 9.53 Å². The van der Waals surface area contributed by atoms with Gasteiger partial charge in [-0.1, -0.05) is 25.1 Å². The molecule has 1 aliphatic heterocycles. The molecule has 4 atom stereocenters. The summed E-state index contributed by atoms with van der Waals surface area (Å²) < 4.78 is 18.8. The van der Waals surface area contributed by atoms with Crippen molar-refractivity contribution in [1.82, 2.24) is 10.2 Å². The minimum atomic E-state index is -0.170. The van der Waals surface area contributed by atoms with Gasteiger partial charge in [0.15, 0.2) is 5.96 Å². The van der Waals surface area contributed by atoms with Gasteiger partial charge in [0.2, 0.25) is 0 Å². The number of nitrogens with one attached hydrogen (secondary N) is 1. The predicted octanol–water partition coefficient (Wildman–Crippen LogP) is 2.00. The zero-order chi connectivity index (χ0) is 17.3. The second-order valence-electron chi connectivity index (χ2n) is 6.67. The van der Waals surface area contributed by atoms with Crippen LogP contribution in [0.5, 0.6) is 0 Å². The van der Waals surface area contributed by atoms with Crippen LogP contribution in [-0.4, -0.2) is 50.1 Å². The Morgan fingerprint density at radius 1 is 1.38 bits per heavy atom. The lowest BCUT2D eigenvalue weighted by Crippen LogP contribution is -2.42. The fourth-order valence-electron chi connectivity index (χ4n) is 3.54. The quantitative estimate of drug-likeness (QED) is 0.522. The van der Waals surface area contributed by atoms with Gasteiger partial charge >= 0.3 is 5.97 Å². The first kappa shape index (κ1) is 16.7. The van der Waals surface area contributed by atoms with Gasteiger partial charge < -0.3 is 15.0 Å². The number of methoxy groups -OCH3 is 1. The highest BCUT2D eigenvalue weighted by Gasteiger charge is 2.43. The third-order valence-electron chi connectivity index (χ3n) is 5.04. The maximum atomic E-state index is 13.9. The summed E-state index contributed by atoms with van der Waals surface area (Å²) in [6.45, 7) is 3.41. The van der Waals surface area contributed by atoms with E-state index in [-0.39, 0.29) is 35.6 Å². The van der Waals surface area contributed by atoms with Crippen LogP contribution in [0.3, 0.4) is 0 Å². The van der Waals surface area contributed by atoms with Crippen molar-refractivity contribution in [2.24, 2.45) is 16.8 Å². The predicted molar refractivity (Wildman–Crippen MR) is 90.3 cm³/mol. The first-order valence-corrected chi connectivity index (χ1v) is 8.35. The Bertz CT molecular complexity index is 649. The van der Waals surface area contributed by atoms with E-state index in [1.807, 2.05) is 19.1 Å². The van der Waals surface area contributed by atoms with Crippen molar-refractivity contribution >= 4 is 11.9 Å². The topological polar surface area (TPSA) is 53.9 Å². The zero-order valence-corrected chi connectivity index (χ0v) is 14.3. The molecule has 1 aromatic carbocycles. The molecule has 1 saturated heterocycles. The first-order chi connectivity index (χ1) is 11.5. The van der Waals surface area contributed by atoms with Gasteiger partial charge in [0.05, 0.1) is 13.0 Å². The fraction of sp³-hybridized carbons (Fsp3) is 0.556. The number of rotatable bonds is 3. The molecule has 1 N–H and O–H groups in total. The summed E-state index contributed by atoms with van der Waals surface area (Å²) in [4.78, 5) is 18.3. The number of hydrogen-bond acceptors (Lipinski definition) is 3. The number of ether oxygens (including phenoxy) is 1. The minimum Gasteiger partial charge on any atom is -0.469 e. The van der Waals surface area contributed by atoms with E-state index >= 15 is 0 Å². The molecule has 3 rings (SSSR count). The van der Waals surface area contributed by atoms with Crippen molar-refractivity contribution in [1.29, 1.82) is 0 Å². The number of benzene rings is 1. The van der Waals surface area contributed by atoms with Gasteiger partial charge in [0.1, 0.15) is 5.82 Å². The van der Waals surface area contributed by atoms with Gasteiger partial charge in [-0.2, -0.15) is 0 Å². The average Bonchev–Trinajstić information content (AvgIpc) is 3.24. The monoisotopic (exact) mass is 333 g/mol. The van der Waals surface area contributed by atoms with Crippen LogP contribution in [0, 0.1) is 17.7 Å². The van der Waals surface area contributed by atoms with E-state index in [2.05, 4.69) is 15.2 Å². The lowest BCUT2D eigenvalue weighted by Gasteiger charge is -2.21. The molecule has 0 spiro atoms. The Labute approximate surface area is 141 Å². The largest absolute Gasteiger partial charge is 0.469 e. The molecule has 1 heterocycles. The maximum Gasteiger partial charge on any atom is 0.310 e. The third-order valence-corrected chi connectivity index (χ3v) is 5.04. The molecule has 0 radical (unpaired) electrons. The number of carbonyl (C=O) groups is 1. The van der Waals surface area contributed by atoms with Crippen molar-refractivity contribution < 1.29 is 13.9 Å². The molecule has 0 amide bonds. The molecule has 4 unspecified atom stereocenters. The lowest BCUT2D eigenvalue weighted by molar-refractivity contribution is -0.145. The zero-order valence-electron chi connectivity index (χ0n) is 14.3. The average molecular weight is 333 g/mol. The molecule has 2 aliphatic rings. The number of hydrogen-bond donors (Lipinski definition) is 1. The highest BCUT2D eigenvalue weighted by atomic mass is 19.1. The maximum absolute atomic E-state index is 13.9. The van der Waals surface area contributed by atoms with Crippen LogP contribution < -0.4 is 5.32 Å². The van der Waals surface area contributed by atoms with E-state index in [1.165, 1.54) is 13.2 Å². The van der Waals surface area contributed by atoms with Crippen LogP contribution >= 0.6 is 0 Å². The summed E-state index contributed by atoms with van der Waals surface area (Å²) in [6, 6.07) is 7.11. The van der Waals surface area contributed by atoms with Crippen LogP contribution in [0.25, 0.3) is 0 Å². The van der Waals surface area contributed by atoms with Crippen LogP contribution in [0.4, 0.5) is 4.39 Å². The van der Waals surface area contributed by atoms with Crippen LogP contribution in [0.15, 0.2) is 29.3 Å². The van der Waals surface area contributed by atoms with E-state index in [0.717, 1.165) is 24.5 Å². The molecule has 1 aromatic rings. The molecular weight excluding hydrogens is 309 g/mol. The Kier molecular flexibility index (Phi) is 4.73. The second kappa shape index (κ2) is 6.79. The smallest absolute Gasteiger partial charge is 0.310 e. The van der Waals surface area contributed by atoms with Crippen LogP contribution in [0.2, 0.25) is 0 Å². The normalized spacial score (nSPS) is 29.5. The molecule has 6 heteroatoms. The van der Waals surface area contributed by atoms with Crippen molar-refractivity contribution in [2.45, 2.75) is 25.3 Å². The van der Waals surface area contributed by atoms with Crippen molar-refractivity contribution in [3.63, 3.8) is 0 Å². The van der Waals surface area contributed by atoms with Gasteiger partial charge in [0.25, 0.3) is 0 Å². The Morgan fingerprint density at radius 2 is 2.12 bits per heavy atom. The van der Waals surface area contributed by atoms with Gasteiger partial charge in [-0.05, 0) is 24.0 Å². The minimum absolute atomic E-state index is 0.130. The van der Waals surface area contributed by atoms with Gasteiger partial charge in [-0.15, -0.1) is 0 Å². The highest BCUT2D eigenvalue weighted by molar-refractivity contribution is 5.83. The summed E-state index contributed by atoms with van der Waals surface area (Å²) in [5.74, 6) is 0.725. The summed E-state index contributed by atoms with van der Waals surface area (Å²) in [5.41, 5.74) is 0.757. The Balaban J connectivity index is 1.61. The van der Waals surface area contributed by atoms with Crippen molar-refractivity contribution in [2.75, 3.05) is 27.2 Å². The van der Waals surface area contributed by atoms with Crippen LogP contribution in [0.1, 0.15) is 24.8 Å². The van der Waals surface area contributed by atoms with E-state index in [1.54, 1.807) is 13.1 Å². The number of guanidine groups is 1.